The number of likely N-dealkylation sites (tertiary alicyclic amines) is 1. The molecule has 0 aliphatic carbocycles. The fraction of sp³-hybridized carbons (Fsp3) is 0.382. The van der Waals surface area contributed by atoms with Crippen molar-refractivity contribution in [1.29, 1.82) is 0 Å². The molecule has 0 saturated carbocycles. The van der Waals surface area contributed by atoms with Gasteiger partial charge in [-0.15, -0.1) is 0 Å². The summed E-state index contributed by atoms with van der Waals surface area (Å²) in [5, 5.41) is 8.07. The molecule has 222 valence electrons. The summed E-state index contributed by atoms with van der Waals surface area (Å²) in [6.45, 7) is 5.00. The van der Waals surface area contributed by atoms with Gasteiger partial charge < -0.3 is 29.4 Å². The smallest absolute Gasteiger partial charge is 0.251 e. The van der Waals surface area contributed by atoms with Crippen molar-refractivity contribution in [3.8, 4) is 17.2 Å². The average Bonchev–Trinajstić information content (AvgIpc) is 3.35. The molecular formula is C34H42N4O4. The second kappa shape index (κ2) is 14.2. The second-order valence-corrected chi connectivity index (χ2v) is 10.9. The normalized spacial score (nSPS) is 14.2. The van der Waals surface area contributed by atoms with Crippen LogP contribution in [-0.2, 0) is 20.2 Å². The molecule has 1 aromatic heterocycles. The first-order valence-corrected chi connectivity index (χ1v) is 14.8. The van der Waals surface area contributed by atoms with Crippen molar-refractivity contribution < 1.29 is 19.0 Å². The van der Waals surface area contributed by atoms with Gasteiger partial charge in [0.15, 0.2) is 11.5 Å². The predicted octanol–water partition coefficient (Wildman–Crippen LogP) is 5.15. The highest BCUT2D eigenvalue weighted by Gasteiger charge is 2.21. The monoisotopic (exact) mass is 570 g/mol. The number of carbonyl (C=O) groups is 1. The molecule has 4 aromatic rings. The zero-order valence-electron chi connectivity index (χ0n) is 24.9. The number of para-hydroxylation sites is 1. The lowest BCUT2D eigenvalue weighted by molar-refractivity contribution is 0.0952. The molecule has 0 radical (unpaired) electrons. The largest absolute Gasteiger partial charge is 0.493 e. The molecule has 8 heteroatoms. The van der Waals surface area contributed by atoms with E-state index < -0.39 is 0 Å². The molecule has 42 heavy (non-hydrogen) atoms. The van der Waals surface area contributed by atoms with Crippen molar-refractivity contribution in [2.45, 2.75) is 38.5 Å². The molecule has 1 amide bonds. The Labute approximate surface area is 248 Å². The number of hydrogen-bond acceptors (Lipinski definition) is 6. The van der Waals surface area contributed by atoms with Gasteiger partial charge in [0.1, 0.15) is 6.61 Å². The van der Waals surface area contributed by atoms with Crippen molar-refractivity contribution in [3.05, 3.63) is 89.6 Å². The standard InChI is InChI=1S/C34H42N4O4/c1-37-22-27(29-12-7-8-13-30(29)37)23-38-18-14-28(15-19-38)35-16-9-17-36-34(39)26-20-31(40-2)33(32(21-26)41-3)42-24-25-10-5-4-6-11-25/h4-8,10-13,20-22,28,35H,9,14-19,23-24H2,1-3H3,(H,36,39). The second-order valence-electron chi connectivity index (χ2n) is 10.9. The predicted molar refractivity (Wildman–Crippen MR) is 166 cm³/mol. The minimum absolute atomic E-state index is 0.164. The first-order chi connectivity index (χ1) is 20.6. The number of methoxy groups -OCH3 is 2. The van der Waals surface area contributed by atoms with E-state index in [2.05, 4.69) is 57.6 Å². The molecule has 3 aromatic carbocycles. The summed E-state index contributed by atoms with van der Waals surface area (Å²) in [6.07, 6.45) is 5.39. The number of nitrogens with one attached hydrogen (secondary N) is 2. The van der Waals surface area contributed by atoms with Crippen LogP contribution >= 0.6 is 0 Å². The van der Waals surface area contributed by atoms with E-state index in [9.17, 15) is 4.79 Å². The van der Waals surface area contributed by atoms with Crippen LogP contribution in [0.15, 0.2) is 72.9 Å². The highest BCUT2D eigenvalue weighted by Crippen LogP contribution is 2.39. The number of aryl methyl sites for hydroxylation is 1. The van der Waals surface area contributed by atoms with Crippen molar-refractivity contribution in [2.75, 3.05) is 40.4 Å². The van der Waals surface area contributed by atoms with Gasteiger partial charge in [0.2, 0.25) is 5.75 Å². The van der Waals surface area contributed by atoms with Crippen LogP contribution in [0, 0.1) is 0 Å². The van der Waals surface area contributed by atoms with Gasteiger partial charge >= 0.3 is 0 Å². The summed E-state index contributed by atoms with van der Waals surface area (Å²) in [5.41, 5.74) is 4.20. The van der Waals surface area contributed by atoms with Gasteiger partial charge in [0.25, 0.3) is 5.91 Å². The lowest BCUT2D eigenvalue weighted by Gasteiger charge is -2.32. The maximum atomic E-state index is 12.9. The molecule has 1 fully saturated rings. The lowest BCUT2D eigenvalue weighted by Crippen LogP contribution is -2.42. The summed E-state index contributed by atoms with van der Waals surface area (Å²) in [7, 11) is 5.24. The summed E-state index contributed by atoms with van der Waals surface area (Å²) in [5.74, 6) is 1.24. The van der Waals surface area contributed by atoms with Crippen LogP contribution in [0.4, 0.5) is 0 Å². The third-order valence-electron chi connectivity index (χ3n) is 7.98. The van der Waals surface area contributed by atoms with Crippen LogP contribution in [0.3, 0.4) is 0 Å². The molecule has 2 N–H and O–H groups in total. The van der Waals surface area contributed by atoms with Crippen LogP contribution in [0.1, 0.15) is 40.7 Å². The third-order valence-corrected chi connectivity index (χ3v) is 7.98. The van der Waals surface area contributed by atoms with Crippen molar-refractivity contribution >= 4 is 16.8 Å². The zero-order valence-corrected chi connectivity index (χ0v) is 24.9. The number of carbonyl (C=O) groups excluding carboxylic acids is 1. The fourth-order valence-corrected chi connectivity index (χ4v) is 5.67. The molecule has 0 spiro atoms. The van der Waals surface area contributed by atoms with E-state index in [4.69, 9.17) is 14.2 Å². The van der Waals surface area contributed by atoms with E-state index in [1.165, 1.54) is 16.5 Å². The van der Waals surface area contributed by atoms with Crippen LogP contribution < -0.4 is 24.8 Å². The molecular weight excluding hydrogens is 528 g/mol. The van der Waals surface area contributed by atoms with E-state index in [0.717, 1.165) is 51.0 Å². The molecule has 0 bridgehead atoms. The van der Waals surface area contributed by atoms with Crippen LogP contribution in [-0.4, -0.2) is 61.8 Å². The number of aromatic nitrogens is 1. The van der Waals surface area contributed by atoms with Gasteiger partial charge in [-0.05, 0) is 68.2 Å². The first kappa shape index (κ1) is 29.5. The maximum absolute atomic E-state index is 12.9. The number of rotatable bonds is 13. The first-order valence-electron chi connectivity index (χ1n) is 14.8. The SMILES string of the molecule is COc1cc(C(=O)NCCCNC2CCN(Cc3cn(C)c4ccccc34)CC2)cc(OC)c1OCc1ccccc1. The van der Waals surface area contributed by atoms with E-state index >= 15 is 0 Å². The Morgan fingerprint density at radius 3 is 2.33 bits per heavy atom. The average molecular weight is 571 g/mol. The molecule has 1 saturated heterocycles. The molecule has 2 heterocycles. The van der Waals surface area contributed by atoms with Crippen molar-refractivity contribution in [2.24, 2.45) is 7.05 Å². The van der Waals surface area contributed by atoms with Gasteiger partial charge in [-0.3, -0.25) is 9.69 Å². The number of nitrogens with zero attached hydrogens (tertiary/aromatic N) is 2. The Kier molecular flexibility index (Phi) is 10.0. The Morgan fingerprint density at radius 1 is 0.929 bits per heavy atom. The number of hydrogen-bond donors (Lipinski definition) is 2. The van der Waals surface area contributed by atoms with Gasteiger partial charge in [-0.1, -0.05) is 48.5 Å². The van der Waals surface area contributed by atoms with Gasteiger partial charge in [-0.2, -0.15) is 0 Å². The van der Waals surface area contributed by atoms with Crippen LogP contribution in [0.2, 0.25) is 0 Å². The fourth-order valence-electron chi connectivity index (χ4n) is 5.67. The summed E-state index contributed by atoms with van der Waals surface area (Å²) in [6, 6.07) is 22.4. The topological polar surface area (TPSA) is 77.0 Å². The number of ether oxygens (including phenoxy) is 3. The summed E-state index contributed by atoms with van der Waals surface area (Å²) >= 11 is 0. The van der Waals surface area contributed by atoms with Gasteiger partial charge in [0.05, 0.1) is 14.2 Å². The highest BCUT2D eigenvalue weighted by atomic mass is 16.5. The Hall–Kier alpha value is -4.01. The molecule has 1 aliphatic heterocycles. The number of piperidine rings is 1. The Balaban J connectivity index is 1.04. The van der Waals surface area contributed by atoms with E-state index in [1.54, 1.807) is 26.4 Å². The van der Waals surface area contributed by atoms with Crippen LogP contribution in [0.25, 0.3) is 10.9 Å². The quantitative estimate of drug-likeness (QED) is 0.217. The summed E-state index contributed by atoms with van der Waals surface area (Å²) < 4.78 is 19.3. The van der Waals surface area contributed by atoms with Gasteiger partial charge in [0, 0.05) is 48.8 Å². The number of fused-ring (bicyclic) bond motifs is 1. The van der Waals surface area contributed by atoms with E-state index in [-0.39, 0.29) is 5.91 Å². The Bertz CT molecular complexity index is 1440. The minimum atomic E-state index is -0.164. The van der Waals surface area contributed by atoms with Crippen molar-refractivity contribution in [1.82, 2.24) is 20.1 Å². The molecule has 8 nitrogen and oxygen atoms in total. The molecule has 0 atom stereocenters. The zero-order chi connectivity index (χ0) is 29.3. The molecule has 0 unspecified atom stereocenters. The number of benzene rings is 3. The maximum Gasteiger partial charge on any atom is 0.251 e. The molecule has 5 rings (SSSR count). The highest BCUT2D eigenvalue weighted by molar-refractivity contribution is 5.95. The van der Waals surface area contributed by atoms with Crippen molar-refractivity contribution in [3.63, 3.8) is 0 Å². The van der Waals surface area contributed by atoms with Gasteiger partial charge in [-0.25, -0.2) is 0 Å². The summed E-state index contributed by atoms with van der Waals surface area (Å²) in [4.78, 5) is 15.5. The Morgan fingerprint density at radius 2 is 1.62 bits per heavy atom. The minimum Gasteiger partial charge on any atom is -0.493 e. The van der Waals surface area contributed by atoms with Crippen LogP contribution in [0.5, 0.6) is 17.2 Å². The molecule has 1 aliphatic rings. The lowest BCUT2D eigenvalue weighted by atomic mass is 10.0. The van der Waals surface area contributed by atoms with E-state index in [0.29, 0.717) is 42.0 Å². The third kappa shape index (κ3) is 7.24. The number of amides is 1. The van der Waals surface area contributed by atoms with E-state index in [1.807, 2.05) is 30.3 Å².